The maximum Gasteiger partial charge on any atom is 0.454 e. The molecule has 1 fully saturated rings. The summed E-state index contributed by atoms with van der Waals surface area (Å²) in [4.78, 5) is 3.38. The topological polar surface area (TPSA) is 6.48 Å². The van der Waals surface area contributed by atoms with E-state index in [1.165, 1.54) is 4.90 Å². The van der Waals surface area contributed by atoms with Gasteiger partial charge in [-0.25, -0.2) is 0 Å². The second kappa shape index (κ2) is 5.40. The van der Waals surface area contributed by atoms with Crippen LogP contribution in [0.5, 0.6) is 0 Å². The Morgan fingerprint density at radius 3 is 1.60 bits per heavy atom. The van der Waals surface area contributed by atoms with E-state index < -0.39 is 18.6 Å². The van der Waals surface area contributed by atoms with Gasteiger partial charge in [-0.05, 0) is 34.6 Å². The van der Waals surface area contributed by atoms with E-state index in [-0.39, 0.29) is 17.6 Å². The van der Waals surface area contributed by atoms with Gasteiger partial charge in [0, 0.05) is 30.7 Å². The molecule has 0 aliphatic carbocycles. The van der Waals surface area contributed by atoms with Gasteiger partial charge in [-0.15, -0.1) is 0 Å². The van der Waals surface area contributed by atoms with Crippen LogP contribution in [0.3, 0.4) is 0 Å². The van der Waals surface area contributed by atoms with Gasteiger partial charge in [0.15, 0.2) is 0 Å². The zero-order valence-corrected chi connectivity index (χ0v) is 12.6. The molecule has 20 heavy (non-hydrogen) atoms. The maximum absolute atomic E-state index is 13.2. The molecule has 0 bridgehead atoms. The zero-order valence-electron chi connectivity index (χ0n) is 12.6. The van der Waals surface area contributed by atoms with Gasteiger partial charge >= 0.3 is 12.1 Å². The van der Waals surface area contributed by atoms with Crippen molar-refractivity contribution in [1.82, 2.24) is 9.80 Å². The van der Waals surface area contributed by atoms with E-state index in [1.54, 1.807) is 13.8 Å². The molecule has 0 unspecified atom stereocenters. The van der Waals surface area contributed by atoms with E-state index in [9.17, 15) is 22.0 Å². The molecule has 0 amide bonds. The van der Waals surface area contributed by atoms with Crippen molar-refractivity contribution in [2.24, 2.45) is 0 Å². The summed E-state index contributed by atoms with van der Waals surface area (Å²) < 4.78 is 63.4. The van der Waals surface area contributed by atoms with Crippen molar-refractivity contribution in [3.8, 4) is 0 Å². The summed E-state index contributed by atoms with van der Waals surface area (Å²) in [7, 11) is 0. The maximum atomic E-state index is 13.2. The average Bonchev–Trinajstić information content (AvgIpc) is 2.20. The van der Waals surface area contributed by atoms with Gasteiger partial charge in [0.1, 0.15) is 0 Å². The number of alkyl halides is 5. The molecule has 1 heterocycles. The third-order valence-electron chi connectivity index (χ3n) is 3.85. The Kier molecular flexibility index (Phi) is 4.76. The van der Waals surface area contributed by atoms with Gasteiger partial charge in [0.05, 0.1) is 6.54 Å². The van der Waals surface area contributed by atoms with E-state index in [4.69, 9.17) is 0 Å². The van der Waals surface area contributed by atoms with Crippen LogP contribution in [-0.2, 0) is 0 Å². The third-order valence-corrected chi connectivity index (χ3v) is 3.85. The Hall–Kier alpha value is -0.430. The summed E-state index contributed by atoms with van der Waals surface area (Å²) >= 11 is 0. The van der Waals surface area contributed by atoms with Crippen LogP contribution in [0, 0.1) is 0 Å². The highest BCUT2D eigenvalue weighted by Crippen LogP contribution is 2.37. The van der Waals surface area contributed by atoms with Crippen molar-refractivity contribution in [1.29, 1.82) is 0 Å². The first kappa shape index (κ1) is 17.6. The van der Waals surface area contributed by atoms with Gasteiger partial charge < -0.3 is 0 Å². The summed E-state index contributed by atoms with van der Waals surface area (Å²) in [6, 6.07) is -0.683. The summed E-state index contributed by atoms with van der Waals surface area (Å²) in [5, 5.41) is 0. The van der Waals surface area contributed by atoms with Crippen LogP contribution in [0.25, 0.3) is 0 Å². The second-order valence-electron chi connectivity index (χ2n) is 6.65. The number of nitrogens with zero attached hydrogens (tertiary/aromatic N) is 2. The second-order valence-corrected chi connectivity index (χ2v) is 6.65. The minimum absolute atomic E-state index is 0.124. The van der Waals surface area contributed by atoms with Gasteiger partial charge in [0.25, 0.3) is 0 Å². The number of halogens is 5. The molecule has 7 heteroatoms. The fourth-order valence-corrected chi connectivity index (χ4v) is 2.53. The molecule has 0 aromatic heterocycles. The van der Waals surface area contributed by atoms with Crippen molar-refractivity contribution in [2.45, 2.75) is 64.3 Å². The van der Waals surface area contributed by atoms with E-state index in [0.29, 0.717) is 13.1 Å². The summed E-state index contributed by atoms with van der Waals surface area (Å²) in [6.07, 6.45) is -5.49. The predicted octanol–water partition coefficient (Wildman–Crippen LogP) is 3.38. The Morgan fingerprint density at radius 2 is 1.30 bits per heavy atom. The van der Waals surface area contributed by atoms with Crippen LogP contribution in [0.2, 0.25) is 0 Å². The minimum atomic E-state index is -5.49. The van der Waals surface area contributed by atoms with E-state index in [1.807, 2.05) is 20.8 Å². The highest BCUT2D eigenvalue weighted by atomic mass is 19.4. The molecule has 0 aromatic rings. The fraction of sp³-hybridized carbons (Fsp3) is 1.00. The normalized spacial score (nSPS) is 27.9. The van der Waals surface area contributed by atoms with Crippen LogP contribution in [0.15, 0.2) is 0 Å². The lowest BCUT2D eigenvalue weighted by Crippen LogP contribution is -2.63. The summed E-state index contributed by atoms with van der Waals surface area (Å²) in [5.74, 6) is -4.67. The Bertz CT molecular complexity index is 323. The molecule has 0 N–H and O–H groups in total. The SMILES string of the molecule is C[C@@H]1CN(C(C)(C)C)C[C@H](C)N1CC(F)(F)C(F)(F)F. The lowest BCUT2D eigenvalue weighted by Gasteiger charge is -2.49. The van der Waals surface area contributed by atoms with Crippen LogP contribution in [-0.4, -0.2) is 59.2 Å². The minimum Gasteiger partial charge on any atom is -0.295 e. The van der Waals surface area contributed by atoms with Crippen molar-refractivity contribution in [3.63, 3.8) is 0 Å². The van der Waals surface area contributed by atoms with Crippen molar-refractivity contribution >= 4 is 0 Å². The first-order valence-electron chi connectivity index (χ1n) is 6.71. The predicted molar refractivity (Wildman–Crippen MR) is 68.0 cm³/mol. The molecule has 1 saturated heterocycles. The quantitative estimate of drug-likeness (QED) is 0.722. The molecular weight excluding hydrogens is 279 g/mol. The average molecular weight is 302 g/mol. The van der Waals surface area contributed by atoms with Crippen LogP contribution >= 0.6 is 0 Å². The summed E-state index contributed by atoms with van der Waals surface area (Å²) in [6.45, 7) is 9.12. The van der Waals surface area contributed by atoms with E-state index in [0.717, 1.165) is 0 Å². The monoisotopic (exact) mass is 302 g/mol. The van der Waals surface area contributed by atoms with Gasteiger partial charge in [-0.1, -0.05) is 0 Å². The molecule has 0 radical (unpaired) electrons. The smallest absolute Gasteiger partial charge is 0.295 e. The molecule has 2 nitrogen and oxygen atoms in total. The van der Waals surface area contributed by atoms with Crippen molar-refractivity contribution in [3.05, 3.63) is 0 Å². The standard InChI is InChI=1S/C13H23F5N2/c1-9-6-19(11(3,4)5)7-10(2)20(9)8-12(14,15)13(16,17)18/h9-10H,6-8H2,1-5H3/t9-,10+. The third kappa shape index (κ3) is 3.81. The Labute approximate surface area is 116 Å². The fourth-order valence-electron chi connectivity index (χ4n) is 2.53. The number of hydrogen-bond donors (Lipinski definition) is 0. The Balaban J connectivity index is 2.80. The van der Waals surface area contributed by atoms with Gasteiger partial charge in [0.2, 0.25) is 0 Å². The van der Waals surface area contributed by atoms with Gasteiger partial charge in [-0.2, -0.15) is 22.0 Å². The number of piperazine rings is 1. The van der Waals surface area contributed by atoms with Crippen molar-refractivity contribution < 1.29 is 22.0 Å². The van der Waals surface area contributed by atoms with Gasteiger partial charge in [-0.3, -0.25) is 9.80 Å². The Morgan fingerprint density at radius 1 is 0.900 bits per heavy atom. The largest absolute Gasteiger partial charge is 0.454 e. The first-order valence-corrected chi connectivity index (χ1v) is 6.71. The molecular formula is C13H23F5N2. The highest BCUT2D eigenvalue weighted by Gasteiger charge is 2.59. The molecule has 1 rings (SSSR count). The summed E-state index contributed by atoms with van der Waals surface area (Å²) in [5.41, 5.74) is -0.124. The molecule has 120 valence electrons. The lowest BCUT2D eigenvalue weighted by atomic mass is 9.99. The lowest BCUT2D eigenvalue weighted by molar-refractivity contribution is -0.290. The van der Waals surface area contributed by atoms with Crippen molar-refractivity contribution in [2.75, 3.05) is 19.6 Å². The number of hydrogen-bond acceptors (Lipinski definition) is 2. The first-order chi connectivity index (χ1) is 8.75. The molecule has 1 aliphatic rings. The van der Waals surface area contributed by atoms with E-state index in [2.05, 4.69) is 4.90 Å². The molecule has 1 aliphatic heterocycles. The zero-order chi connectivity index (χ0) is 15.9. The molecule has 0 saturated carbocycles. The van der Waals surface area contributed by atoms with Crippen LogP contribution in [0.1, 0.15) is 34.6 Å². The highest BCUT2D eigenvalue weighted by molar-refractivity contribution is 4.93. The van der Waals surface area contributed by atoms with Crippen LogP contribution in [0.4, 0.5) is 22.0 Å². The molecule has 0 spiro atoms. The van der Waals surface area contributed by atoms with E-state index >= 15 is 0 Å². The number of rotatable bonds is 2. The van der Waals surface area contributed by atoms with Crippen LogP contribution < -0.4 is 0 Å². The molecule has 0 aromatic carbocycles. The molecule has 2 atom stereocenters.